The lowest BCUT2D eigenvalue weighted by Crippen LogP contribution is -2.63. The molecule has 0 radical (unpaired) electrons. The van der Waals surface area contributed by atoms with Gasteiger partial charge in [-0.3, -0.25) is 4.79 Å². The van der Waals surface area contributed by atoms with Crippen LogP contribution in [0.15, 0.2) is 0 Å². The Morgan fingerprint density at radius 2 is 1.81 bits per heavy atom. The molecular formula is C8H11F5N2O. The third-order valence-corrected chi connectivity index (χ3v) is 2.43. The maximum absolute atomic E-state index is 12.7. The highest BCUT2D eigenvalue weighted by molar-refractivity contribution is 5.84. The maximum atomic E-state index is 12.7. The van der Waals surface area contributed by atoms with E-state index in [4.69, 9.17) is 0 Å². The highest BCUT2D eigenvalue weighted by Gasteiger charge is 2.65. The average Bonchev–Trinajstić information content (AvgIpc) is 2.07. The Kier molecular flexibility index (Phi) is 3.41. The van der Waals surface area contributed by atoms with Gasteiger partial charge >= 0.3 is 18.0 Å². The fourth-order valence-corrected chi connectivity index (χ4v) is 1.36. The molecule has 0 aromatic rings. The standard InChI is InChI=1S/C8H11F5N2O/c1-2-15(5-3-14-4-5)6(16)7(9,10)8(11,12)13/h5,14H,2-4H2,1H3. The van der Waals surface area contributed by atoms with E-state index in [-0.39, 0.29) is 19.6 Å². The lowest BCUT2D eigenvalue weighted by atomic mass is 10.1. The normalized spacial score (nSPS) is 18.1. The second kappa shape index (κ2) is 4.15. The fraction of sp³-hybridized carbons (Fsp3) is 0.875. The number of nitrogens with zero attached hydrogens (tertiary/aromatic N) is 1. The number of hydrogen-bond donors (Lipinski definition) is 1. The summed E-state index contributed by atoms with van der Waals surface area (Å²) in [7, 11) is 0. The van der Waals surface area contributed by atoms with E-state index in [1.165, 1.54) is 6.92 Å². The van der Waals surface area contributed by atoms with Crippen LogP contribution in [0.5, 0.6) is 0 Å². The maximum Gasteiger partial charge on any atom is 0.463 e. The molecular weight excluding hydrogens is 235 g/mol. The molecule has 1 N–H and O–H groups in total. The summed E-state index contributed by atoms with van der Waals surface area (Å²) in [4.78, 5) is 11.7. The predicted octanol–water partition coefficient (Wildman–Crippen LogP) is 1.00. The van der Waals surface area contributed by atoms with Gasteiger partial charge in [-0.2, -0.15) is 22.0 Å². The first-order chi connectivity index (χ1) is 7.21. The molecule has 0 bridgehead atoms. The first-order valence-corrected chi connectivity index (χ1v) is 4.68. The van der Waals surface area contributed by atoms with Gasteiger partial charge in [-0.25, -0.2) is 0 Å². The molecule has 1 fully saturated rings. The van der Waals surface area contributed by atoms with Gasteiger partial charge in [-0.15, -0.1) is 0 Å². The van der Waals surface area contributed by atoms with E-state index in [9.17, 15) is 26.7 Å². The van der Waals surface area contributed by atoms with Crippen molar-refractivity contribution in [2.45, 2.75) is 25.1 Å². The Bertz CT molecular complexity index is 274. The predicted molar refractivity (Wildman–Crippen MR) is 45.0 cm³/mol. The first-order valence-electron chi connectivity index (χ1n) is 4.68. The van der Waals surface area contributed by atoms with E-state index < -0.39 is 24.0 Å². The Morgan fingerprint density at radius 3 is 2.06 bits per heavy atom. The lowest BCUT2D eigenvalue weighted by molar-refractivity contribution is -0.275. The molecule has 1 heterocycles. The van der Waals surface area contributed by atoms with E-state index in [1.807, 2.05) is 0 Å². The number of carbonyl (C=O) groups is 1. The van der Waals surface area contributed by atoms with Gasteiger partial charge in [0.25, 0.3) is 0 Å². The number of halogens is 5. The van der Waals surface area contributed by atoms with Gasteiger partial charge in [0.2, 0.25) is 0 Å². The van der Waals surface area contributed by atoms with Crippen molar-refractivity contribution in [3.05, 3.63) is 0 Å². The number of carbonyl (C=O) groups excluding carboxylic acids is 1. The minimum Gasteiger partial charge on any atom is -0.332 e. The summed E-state index contributed by atoms with van der Waals surface area (Å²) in [6.45, 7) is 1.68. The zero-order chi connectivity index (χ0) is 12.6. The minimum atomic E-state index is -5.84. The van der Waals surface area contributed by atoms with Crippen LogP contribution in [0.3, 0.4) is 0 Å². The molecule has 0 unspecified atom stereocenters. The monoisotopic (exact) mass is 246 g/mol. The van der Waals surface area contributed by atoms with Gasteiger partial charge in [-0.05, 0) is 6.92 Å². The van der Waals surface area contributed by atoms with Crippen LogP contribution in [0, 0.1) is 0 Å². The minimum absolute atomic E-state index is 0.170. The molecule has 1 aliphatic heterocycles. The molecule has 8 heteroatoms. The van der Waals surface area contributed by atoms with Gasteiger partial charge in [0.1, 0.15) is 0 Å². The van der Waals surface area contributed by atoms with Crippen LogP contribution in [0.1, 0.15) is 6.92 Å². The summed E-state index contributed by atoms with van der Waals surface area (Å²) in [5.41, 5.74) is 0. The van der Waals surface area contributed by atoms with Crippen LogP contribution in [-0.2, 0) is 4.79 Å². The van der Waals surface area contributed by atoms with Crippen molar-refractivity contribution in [1.82, 2.24) is 10.2 Å². The van der Waals surface area contributed by atoms with Crippen molar-refractivity contribution >= 4 is 5.91 Å². The molecule has 1 aliphatic rings. The molecule has 0 aliphatic carbocycles. The van der Waals surface area contributed by atoms with Crippen LogP contribution in [-0.4, -0.2) is 48.6 Å². The third kappa shape index (κ3) is 2.11. The number of likely N-dealkylation sites (N-methyl/N-ethyl adjacent to an activating group) is 1. The van der Waals surface area contributed by atoms with Gasteiger partial charge in [0.05, 0.1) is 6.04 Å². The van der Waals surface area contributed by atoms with Gasteiger partial charge in [0.15, 0.2) is 0 Å². The zero-order valence-electron chi connectivity index (χ0n) is 8.44. The molecule has 1 rings (SSSR count). The van der Waals surface area contributed by atoms with Gasteiger partial charge in [0, 0.05) is 19.6 Å². The highest BCUT2D eigenvalue weighted by Crippen LogP contribution is 2.37. The third-order valence-electron chi connectivity index (χ3n) is 2.43. The topological polar surface area (TPSA) is 32.3 Å². The van der Waals surface area contributed by atoms with E-state index >= 15 is 0 Å². The first kappa shape index (κ1) is 13.1. The molecule has 16 heavy (non-hydrogen) atoms. The Balaban J connectivity index is 2.81. The summed E-state index contributed by atoms with van der Waals surface area (Å²) in [5, 5.41) is 2.70. The molecule has 3 nitrogen and oxygen atoms in total. The number of amides is 1. The second-order valence-electron chi connectivity index (χ2n) is 3.48. The smallest absolute Gasteiger partial charge is 0.332 e. The summed E-state index contributed by atoms with van der Waals surface area (Å²) in [6.07, 6.45) is -5.84. The molecule has 94 valence electrons. The number of rotatable bonds is 3. The molecule has 0 spiro atoms. The van der Waals surface area contributed by atoms with E-state index in [1.54, 1.807) is 0 Å². The lowest BCUT2D eigenvalue weighted by Gasteiger charge is -2.39. The van der Waals surface area contributed by atoms with Crippen LogP contribution in [0.25, 0.3) is 0 Å². The van der Waals surface area contributed by atoms with Crippen molar-refractivity contribution in [1.29, 1.82) is 0 Å². The number of nitrogens with one attached hydrogen (secondary N) is 1. The summed E-state index contributed by atoms with van der Waals surface area (Å²) in [5.74, 6) is -7.48. The molecule has 0 aromatic carbocycles. The average molecular weight is 246 g/mol. The Hall–Kier alpha value is -0.920. The summed E-state index contributed by atoms with van der Waals surface area (Å²) < 4.78 is 61.3. The fourth-order valence-electron chi connectivity index (χ4n) is 1.36. The summed E-state index contributed by atoms with van der Waals surface area (Å²) >= 11 is 0. The number of alkyl halides is 5. The van der Waals surface area contributed by atoms with E-state index in [0.717, 1.165) is 0 Å². The highest BCUT2D eigenvalue weighted by atomic mass is 19.4. The SMILES string of the molecule is CCN(C(=O)C(F)(F)C(F)(F)F)C1CNC1. The molecule has 0 aromatic heterocycles. The van der Waals surface area contributed by atoms with E-state index in [0.29, 0.717) is 4.90 Å². The molecule has 0 saturated carbocycles. The van der Waals surface area contributed by atoms with Crippen LogP contribution >= 0.6 is 0 Å². The van der Waals surface area contributed by atoms with Crippen LogP contribution < -0.4 is 5.32 Å². The quantitative estimate of drug-likeness (QED) is 0.753. The van der Waals surface area contributed by atoms with E-state index in [2.05, 4.69) is 5.32 Å². The Labute approximate surface area is 88.6 Å². The number of hydrogen-bond acceptors (Lipinski definition) is 2. The van der Waals surface area contributed by atoms with Crippen molar-refractivity contribution in [3.8, 4) is 0 Å². The van der Waals surface area contributed by atoms with Gasteiger partial charge in [-0.1, -0.05) is 0 Å². The van der Waals surface area contributed by atoms with Crippen molar-refractivity contribution in [2.24, 2.45) is 0 Å². The summed E-state index contributed by atoms with van der Waals surface area (Å²) in [6, 6.07) is -0.578. The second-order valence-corrected chi connectivity index (χ2v) is 3.48. The van der Waals surface area contributed by atoms with Crippen molar-refractivity contribution < 1.29 is 26.7 Å². The molecule has 1 saturated heterocycles. The van der Waals surface area contributed by atoms with Crippen molar-refractivity contribution in [2.75, 3.05) is 19.6 Å². The molecule has 1 amide bonds. The van der Waals surface area contributed by atoms with Crippen LogP contribution in [0.2, 0.25) is 0 Å². The van der Waals surface area contributed by atoms with Gasteiger partial charge < -0.3 is 10.2 Å². The molecule has 0 atom stereocenters. The Morgan fingerprint density at radius 1 is 1.31 bits per heavy atom. The van der Waals surface area contributed by atoms with Crippen molar-refractivity contribution in [3.63, 3.8) is 0 Å². The largest absolute Gasteiger partial charge is 0.463 e. The zero-order valence-corrected chi connectivity index (χ0v) is 8.44. The van der Waals surface area contributed by atoms with Crippen LogP contribution in [0.4, 0.5) is 22.0 Å².